The van der Waals surface area contributed by atoms with E-state index in [1.54, 1.807) is 6.07 Å². The van der Waals surface area contributed by atoms with Crippen molar-refractivity contribution in [3.05, 3.63) is 58.0 Å². The predicted molar refractivity (Wildman–Crippen MR) is 62.0 cm³/mol. The number of benzene rings is 1. The molecular weight excluding hydrogens is 186 g/mol. The van der Waals surface area contributed by atoms with E-state index < -0.39 is 0 Å². The highest BCUT2D eigenvalue weighted by Gasteiger charge is 2.04. The second-order valence-electron chi connectivity index (χ2n) is 3.66. The summed E-state index contributed by atoms with van der Waals surface area (Å²) in [7, 11) is 0. The lowest BCUT2D eigenvalue weighted by molar-refractivity contribution is 1.11. The van der Waals surface area contributed by atoms with E-state index >= 15 is 0 Å². The summed E-state index contributed by atoms with van der Waals surface area (Å²) in [6, 6.07) is 11.6. The monoisotopic (exact) mass is 199 g/mol. The Balaban J connectivity index is 2.68. The molecule has 1 aromatic carbocycles. The van der Waals surface area contributed by atoms with Crippen molar-refractivity contribution < 1.29 is 0 Å². The molecule has 0 atom stereocenters. The SMILES string of the molecule is Cc1[nH]c(=O)cc(-c2ccccc2)c1C. The molecule has 0 bridgehead atoms. The lowest BCUT2D eigenvalue weighted by Crippen LogP contribution is -2.08. The van der Waals surface area contributed by atoms with Gasteiger partial charge in [-0.15, -0.1) is 0 Å². The van der Waals surface area contributed by atoms with Crippen molar-refractivity contribution in [1.82, 2.24) is 4.98 Å². The third kappa shape index (κ3) is 1.84. The lowest BCUT2D eigenvalue weighted by Gasteiger charge is -2.07. The van der Waals surface area contributed by atoms with Crippen LogP contribution in [0.5, 0.6) is 0 Å². The minimum atomic E-state index is -0.0445. The molecular formula is C13H13NO. The van der Waals surface area contributed by atoms with Gasteiger partial charge >= 0.3 is 0 Å². The van der Waals surface area contributed by atoms with Gasteiger partial charge in [0.15, 0.2) is 0 Å². The summed E-state index contributed by atoms with van der Waals surface area (Å²) in [5.41, 5.74) is 4.11. The number of H-pyrrole nitrogens is 1. The van der Waals surface area contributed by atoms with Crippen molar-refractivity contribution in [1.29, 1.82) is 0 Å². The Morgan fingerprint density at radius 2 is 1.73 bits per heavy atom. The number of nitrogens with one attached hydrogen (secondary N) is 1. The molecule has 0 aliphatic rings. The summed E-state index contributed by atoms with van der Waals surface area (Å²) in [5.74, 6) is 0. The van der Waals surface area contributed by atoms with E-state index in [9.17, 15) is 4.79 Å². The number of pyridine rings is 1. The van der Waals surface area contributed by atoms with Gasteiger partial charge in [0.05, 0.1) is 0 Å². The molecule has 15 heavy (non-hydrogen) atoms. The van der Waals surface area contributed by atoms with E-state index in [2.05, 4.69) is 4.98 Å². The van der Waals surface area contributed by atoms with Gasteiger partial charge in [-0.3, -0.25) is 4.79 Å². The maximum absolute atomic E-state index is 11.4. The number of hydrogen-bond donors (Lipinski definition) is 1. The fraction of sp³-hybridized carbons (Fsp3) is 0.154. The van der Waals surface area contributed by atoms with Gasteiger partial charge in [0.2, 0.25) is 5.56 Å². The van der Waals surface area contributed by atoms with E-state index in [-0.39, 0.29) is 5.56 Å². The van der Waals surface area contributed by atoms with Crippen LogP contribution >= 0.6 is 0 Å². The first kappa shape index (κ1) is 9.71. The van der Waals surface area contributed by atoms with Crippen LogP contribution in [0.1, 0.15) is 11.3 Å². The zero-order valence-corrected chi connectivity index (χ0v) is 8.87. The van der Waals surface area contributed by atoms with Gasteiger partial charge in [0, 0.05) is 11.8 Å². The molecule has 1 N–H and O–H groups in total. The van der Waals surface area contributed by atoms with Gasteiger partial charge < -0.3 is 4.98 Å². The number of aromatic nitrogens is 1. The van der Waals surface area contributed by atoms with Crippen molar-refractivity contribution in [3.63, 3.8) is 0 Å². The van der Waals surface area contributed by atoms with Gasteiger partial charge in [-0.05, 0) is 30.5 Å². The van der Waals surface area contributed by atoms with E-state index in [0.29, 0.717) is 0 Å². The first-order valence-electron chi connectivity index (χ1n) is 4.94. The molecule has 1 aromatic heterocycles. The topological polar surface area (TPSA) is 32.9 Å². The molecule has 0 aliphatic carbocycles. The third-order valence-electron chi connectivity index (χ3n) is 2.64. The highest BCUT2D eigenvalue weighted by Crippen LogP contribution is 2.22. The maximum Gasteiger partial charge on any atom is 0.248 e. The zero-order valence-electron chi connectivity index (χ0n) is 8.87. The smallest absolute Gasteiger partial charge is 0.248 e. The molecule has 0 saturated heterocycles. The Labute approximate surface area is 88.6 Å². The van der Waals surface area contributed by atoms with Crippen LogP contribution in [0.2, 0.25) is 0 Å². The molecule has 0 unspecified atom stereocenters. The standard InChI is InChI=1S/C13H13NO/c1-9-10(2)14-13(15)8-12(9)11-6-4-3-5-7-11/h3-8H,1-2H3,(H,14,15). The Morgan fingerprint density at radius 3 is 2.40 bits per heavy atom. The van der Waals surface area contributed by atoms with E-state index in [4.69, 9.17) is 0 Å². The summed E-state index contributed by atoms with van der Waals surface area (Å²) in [6.45, 7) is 3.94. The highest BCUT2D eigenvalue weighted by atomic mass is 16.1. The summed E-state index contributed by atoms with van der Waals surface area (Å²) >= 11 is 0. The number of aryl methyl sites for hydroxylation is 1. The number of hydrogen-bond acceptors (Lipinski definition) is 1. The van der Waals surface area contributed by atoms with Crippen LogP contribution in [-0.4, -0.2) is 4.98 Å². The van der Waals surface area contributed by atoms with Crippen LogP contribution in [0.25, 0.3) is 11.1 Å². The quantitative estimate of drug-likeness (QED) is 0.752. The molecule has 2 aromatic rings. The van der Waals surface area contributed by atoms with Crippen LogP contribution in [0, 0.1) is 13.8 Å². The molecule has 0 saturated carbocycles. The lowest BCUT2D eigenvalue weighted by atomic mass is 10.0. The van der Waals surface area contributed by atoms with Crippen LogP contribution < -0.4 is 5.56 Å². The van der Waals surface area contributed by atoms with Gasteiger partial charge in [0.25, 0.3) is 0 Å². The Kier molecular flexibility index (Phi) is 2.42. The van der Waals surface area contributed by atoms with Crippen molar-refractivity contribution >= 4 is 0 Å². The van der Waals surface area contributed by atoms with Gasteiger partial charge in [-0.25, -0.2) is 0 Å². The van der Waals surface area contributed by atoms with Crippen molar-refractivity contribution in [2.75, 3.05) is 0 Å². The average molecular weight is 199 g/mol. The summed E-state index contributed by atoms with van der Waals surface area (Å²) in [6.07, 6.45) is 0. The summed E-state index contributed by atoms with van der Waals surface area (Å²) in [4.78, 5) is 14.2. The molecule has 0 radical (unpaired) electrons. The molecule has 2 nitrogen and oxygen atoms in total. The third-order valence-corrected chi connectivity index (χ3v) is 2.64. The fourth-order valence-electron chi connectivity index (χ4n) is 1.67. The van der Waals surface area contributed by atoms with Crippen molar-refractivity contribution in [3.8, 4) is 11.1 Å². The predicted octanol–water partition coefficient (Wildman–Crippen LogP) is 2.66. The Hall–Kier alpha value is -1.83. The van der Waals surface area contributed by atoms with Crippen LogP contribution in [0.15, 0.2) is 41.2 Å². The highest BCUT2D eigenvalue weighted by molar-refractivity contribution is 5.67. The minimum absolute atomic E-state index is 0.0445. The molecule has 2 rings (SSSR count). The first-order chi connectivity index (χ1) is 7.18. The molecule has 1 heterocycles. The van der Waals surface area contributed by atoms with E-state index in [1.807, 2.05) is 44.2 Å². The second-order valence-corrected chi connectivity index (χ2v) is 3.66. The Bertz CT molecular complexity index is 526. The van der Waals surface area contributed by atoms with Crippen LogP contribution in [0.4, 0.5) is 0 Å². The maximum atomic E-state index is 11.4. The number of rotatable bonds is 1. The molecule has 2 heteroatoms. The summed E-state index contributed by atoms with van der Waals surface area (Å²) < 4.78 is 0. The van der Waals surface area contributed by atoms with Crippen molar-refractivity contribution in [2.24, 2.45) is 0 Å². The largest absolute Gasteiger partial charge is 0.326 e. The van der Waals surface area contributed by atoms with Gasteiger partial charge in [-0.1, -0.05) is 30.3 Å². The zero-order chi connectivity index (χ0) is 10.8. The molecule has 0 aliphatic heterocycles. The van der Waals surface area contributed by atoms with E-state index in [0.717, 1.165) is 22.4 Å². The molecule has 76 valence electrons. The summed E-state index contributed by atoms with van der Waals surface area (Å²) in [5, 5.41) is 0. The molecule has 0 amide bonds. The number of aromatic amines is 1. The van der Waals surface area contributed by atoms with Crippen LogP contribution in [-0.2, 0) is 0 Å². The van der Waals surface area contributed by atoms with Crippen molar-refractivity contribution in [2.45, 2.75) is 13.8 Å². The average Bonchev–Trinajstić information content (AvgIpc) is 2.24. The Morgan fingerprint density at radius 1 is 1.07 bits per heavy atom. The van der Waals surface area contributed by atoms with Gasteiger partial charge in [0.1, 0.15) is 0 Å². The minimum Gasteiger partial charge on any atom is -0.326 e. The second kappa shape index (κ2) is 3.73. The van der Waals surface area contributed by atoms with Gasteiger partial charge in [-0.2, -0.15) is 0 Å². The van der Waals surface area contributed by atoms with Crippen LogP contribution in [0.3, 0.4) is 0 Å². The normalized spacial score (nSPS) is 10.3. The fourth-order valence-corrected chi connectivity index (χ4v) is 1.67. The first-order valence-corrected chi connectivity index (χ1v) is 4.94. The van der Waals surface area contributed by atoms with E-state index in [1.165, 1.54) is 0 Å². The molecule has 0 fully saturated rings. The molecule has 0 spiro atoms.